The fraction of sp³-hybridized carbons (Fsp3) is 0.538. The van der Waals surface area contributed by atoms with Gasteiger partial charge in [-0.3, -0.25) is 4.18 Å². The molecule has 0 aliphatic carbocycles. The van der Waals surface area contributed by atoms with Crippen LogP contribution < -0.4 is 0 Å². The van der Waals surface area contributed by atoms with E-state index in [1.807, 2.05) is 0 Å². The van der Waals surface area contributed by atoms with Gasteiger partial charge in [-0.25, -0.2) is 4.39 Å². The maximum Gasteiger partial charge on any atom is 0.297 e. The van der Waals surface area contributed by atoms with Gasteiger partial charge < -0.3 is 9.47 Å². The van der Waals surface area contributed by atoms with Crippen LogP contribution in [-0.2, 0) is 23.8 Å². The van der Waals surface area contributed by atoms with Crippen molar-refractivity contribution in [3.8, 4) is 0 Å². The van der Waals surface area contributed by atoms with Crippen LogP contribution in [-0.4, -0.2) is 45.7 Å². The molecule has 3 rings (SSSR count). The first-order valence-corrected chi connectivity index (χ1v) is 8.28. The van der Waals surface area contributed by atoms with Crippen molar-refractivity contribution < 1.29 is 26.5 Å². The summed E-state index contributed by atoms with van der Waals surface area (Å²) in [6.45, 7) is 1.76. The van der Waals surface area contributed by atoms with Crippen LogP contribution in [0.2, 0.25) is 0 Å². The Morgan fingerprint density at radius 3 is 2.74 bits per heavy atom. The van der Waals surface area contributed by atoms with Gasteiger partial charge in [-0.05, 0) is 24.6 Å². The predicted octanol–water partition coefficient (Wildman–Crippen LogP) is 1.84. The van der Waals surface area contributed by atoms with Crippen LogP contribution in [0.3, 0.4) is 0 Å². The van der Waals surface area contributed by atoms with Gasteiger partial charge in [0.1, 0.15) is 18.2 Å². The summed E-state index contributed by atoms with van der Waals surface area (Å²) in [5.41, 5.74) is 9.49. The second kappa shape index (κ2) is 6.06. The summed E-state index contributed by atoms with van der Waals surface area (Å²) in [7, 11) is -4.21. The minimum atomic E-state index is -4.21. The summed E-state index contributed by atoms with van der Waals surface area (Å²) in [4.78, 5) is 2.50. The maximum atomic E-state index is 14.4. The molecule has 2 saturated heterocycles. The molecule has 2 aliphatic heterocycles. The largest absolute Gasteiger partial charge is 0.349 e. The molecule has 0 unspecified atom stereocenters. The Hall–Kier alpha value is -1.71. The van der Waals surface area contributed by atoms with Gasteiger partial charge in [0.15, 0.2) is 12.5 Å². The summed E-state index contributed by atoms with van der Waals surface area (Å²) >= 11 is 0. The van der Waals surface area contributed by atoms with E-state index in [1.54, 1.807) is 19.1 Å². The van der Waals surface area contributed by atoms with E-state index in [9.17, 15) is 12.8 Å². The molecule has 0 saturated carbocycles. The number of halogens is 1. The molecule has 0 aromatic heterocycles. The highest BCUT2D eigenvalue weighted by molar-refractivity contribution is 7.86. The van der Waals surface area contributed by atoms with Crippen LogP contribution in [0.25, 0.3) is 10.4 Å². The van der Waals surface area contributed by atoms with Crippen molar-refractivity contribution in [1.29, 1.82) is 0 Å². The van der Waals surface area contributed by atoms with Crippen molar-refractivity contribution in [2.24, 2.45) is 5.11 Å². The first kappa shape index (κ1) is 16.2. The summed E-state index contributed by atoms with van der Waals surface area (Å²) in [5, 5.41) is 3.39. The Bertz CT molecular complexity index is 734. The van der Waals surface area contributed by atoms with Crippen molar-refractivity contribution >= 4 is 10.1 Å². The molecule has 0 spiro atoms. The van der Waals surface area contributed by atoms with Crippen molar-refractivity contribution in [2.45, 2.75) is 42.5 Å². The lowest BCUT2D eigenvalue weighted by Gasteiger charge is -2.34. The Kier molecular flexibility index (Phi) is 4.26. The molecule has 2 heterocycles. The zero-order chi connectivity index (χ0) is 16.6. The highest BCUT2D eigenvalue weighted by Gasteiger charge is 2.53. The summed E-state index contributed by atoms with van der Waals surface area (Å²) in [6.07, 6.45) is -5.24. The van der Waals surface area contributed by atoms with Crippen LogP contribution in [0.4, 0.5) is 4.39 Å². The van der Waals surface area contributed by atoms with E-state index in [2.05, 4.69) is 10.0 Å². The Balaban J connectivity index is 1.89. The monoisotopic (exact) mass is 343 g/mol. The number of hydrogen-bond donors (Lipinski definition) is 0. The van der Waals surface area contributed by atoms with Gasteiger partial charge in [0, 0.05) is 4.91 Å². The number of alkyl halides is 1. The molecule has 2 fully saturated rings. The SMILES string of the molecule is Cc1ccc(S(=O)(=O)O[C@H]2[C@@H](F)[C@H]3CO[C@H](O3)[C@@H]2N=[N+]=[N-])cc1. The first-order chi connectivity index (χ1) is 10.9. The van der Waals surface area contributed by atoms with E-state index in [-0.39, 0.29) is 11.5 Å². The van der Waals surface area contributed by atoms with Crippen molar-refractivity contribution in [3.63, 3.8) is 0 Å². The molecular weight excluding hydrogens is 329 g/mol. The number of hydrogen-bond acceptors (Lipinski definition) is 6. The molecule has 23 heavy (non-hydrogen) atoms. The highest BCUT2D eigenvalue weighted by atomic mass is 32.2. The maximum absolute atomic E-state index is 14.4. The molecule has 8 nitrogen and oxygen atoms in total. The average Bonchev–Trinajstić information content (AvgIpc) is 2.95. The van der Waals surface area contributed by atoms with Crippen LogP contribution in [0.5, 0.6) is 0 Å². The molecule has 1 aromatic rings. The van der Waals surface area contributed by atoms with E-state index in [0.29, 0.717) is 0 Å². The third-order valence-electron chi connectivity index (χ3n) is 3.75. The summed E-state index contributed by atoms with van der Waals surface area (Å²) < 4.78 is 54.5. The fourth-order valence-corrected chi connectivity index (χ4v) is 3.63. The number of azide groups is 1. The lowest BCUT2D eigenvalue weighted by Crippen LogP contribution is -2.52. The quantitative estimate of drug-likeness (QED) is 0.358. The minimum Gasteiger partial charge on any atom is -0.349 e. The molecular formula is C13H14FN3O5S. The smallest absolute Gasteiger partial charge is 0.297 e. The zero-order valence-corrected chi connectivity index (χ0v) is 12.9. The molecule has 2 aliphatic rings. The Morgan fingerprint density at radius 1 is 1.39 bits per heavy atom. The van der Waals surface area contributed by atoms with E-state index in [0.717, 1.165) is 5.56 Å². The number of rotatable bonds is 4. The second-order valence-corrected chi connectivity index (χ2v) is 6.92. The van der Waals surface area contributed by atoms with Crippen molar-refractivity contribution in [3.05, 3.63) is 40.3 Å². The fourth-order valence-electron chi connectivity index (χ4n) is 2.54. The molecule has 10 heteroatoms. The standard InChI is InChI=1S/C13H14FN3O5S/c1-7-2-4-8(5-3-7)23(18,19)22-12-10(14)9-6-20-13(21-9)11(12)16-17-15/h2-5,9-13H,6H2,1H3/t9-,10+,11-,12+,13-/m1/s1. The lowest BCUT2D eigenvalue weighted by atomic mass is 10.0. The molecule has 2 bridgehead atoms. The van der Waals surface area contributed by atoms with Crippen molar-refractivity contribution in [1.82, 2.24) is 0 Å². The van der Waals surface area contributed by atoms with E-state index in [4.69, 9.17) is 19.2 Å². The van der Waals surface area contributed by atoms with E-state index >= 15 is 0 Å². The lowest BCUT2D eigenvalue weighted by molar-refractivity contribution is -0.152. The predicted molar refractivity (Wildman–Crippen MR) is 75.7 cm³/mol. The molecule has 0 amide bonds. The topological polar surface area (TPSA) is 111 Å². The number of fused-ring (bicyclic) bond motifs is 2. The van der Waals surface area contributed by atoms with Gasteiger partial charge in [0.05, 0.1) is 11.5 Å². The zero-order valence-electron chi connectivity index (χ0n) is 12.1. The van der Waals surface area contributed by atoms with Crippen LogP contribution in [0.1, 0.15) is 5.56 Å². The number of ether oxygens (including phenoxy) is 2. The van der Waals surface area contributed by atoms with Gasteiger partial charge in [-0.1, -0.05) is 22.8 Å². The second-order valence-electron chi connectivity index (χ2n) is 5.34. The molecule has 124 valence electrons. The third kappa shape index (κ3) is 3.04. The molecule has 1 aromatic carbocycles. The van der Waals surface area contributed by atoms with Crippen molar-refractivity contribution in [2.75, 3.05) is 6.61 Å². The van der Waals surface area contributed by atoms with Gasteiger partial charge in [-0.15, -0.1) is 0 Å². The first-order valence-electron chi connectivity index (χ1n) is 6.87. The van der Waals surface area contributed by atoms with Crippen LogP contribution in [0, 0.1) is 6.92 Å². The number of benzene rings is 1. The van der Waals surface area contributed by atoms with Gasteiger partial charge in [0.2, 0.25) is 0 Å². The third-order valence-corrected chi connectivity index (χ3v) is 5.08. The highest BCUT2D eigenvalue weighted by Crippen LogP contribution is 2.35. The van der Waals surface area contributed by atoms with Crippen LogP contribution in [0.15, 0.2) is 34.3 Å². The Labute approximate surface area is 131 Å². The van der Waals surface area contributed by atoms with E-state index < -0.39 is 40.8 Å². The molecule has 0 radical (unpaired) electrons. The van der Waals surface area contributed by atoms with Gasteiger partial charge in [-0.2, -0.15) is 8.42 Å². The summed E-state index contributed by atoms with van der Waals surface area (Å²) in [5.74, 6) is 0. The minimum absolute atomic E-state index is 0.0479. The van der Waals surface area contributed by atoms with Crippen LogP contribution >= 0.6 is 0 Å². The number of aryl methyl sites for hydroxylation is 1. The average molecular weight is 343 g/mol. The van der Waals surface area contributed by atoms with Gasteiger partial charge in [0.25, 0.3) is 10.1 Å². The normalized spacial score (nSPS) is 33.2. The number of nitrogens with zero attached hydrogens (tertiary/aromatic N) is 3. The molecule has 5 atom stereocenters. The Morgan fingerprint density at radius 2 is 2.09 bits per heavy atom. The molecule has 0 N–H and O–H groups in total. The van der Waals surface area contributed by atoms with E-state index in [1.165, 1.54) is 12.1 Å². The van der Waals surface area contributed by atoms with Gasteiger partial charge >= 0.3 is 0 Å². The summed E-state index contributed by atoms with van der Waals surface area (Å²) in [6, 6.07) is 4.71.